The summed E-state index contributed by atoms with van der Waals surface area (Å²) < 4.78 is 40.0. The third kappa shape index (κ3) is 1.14. The van der Waals surface area contributed by atoms with Gasteiger partial charge in [-0.3, -0.25) is 0 Å². The highest BCUT2D eigenvalue weighted by molar-refractivity contribution is 5.92. The van der Waals surface area contributed by atoms with E-state index in [1.807, 2.05) is 13.8 Å². The molecule has 26 heavy (non-hydrogen) atoms. The smallest absolute Gasteiger partial charge is 0.334 e. The molecule has 2 spiro atoms. The number of alkyl halides is 1. The number of esters is 1. The van der Waals surface area contributed by atoms with Crippen molar-refractivity contribution in [3.8, 4) is 0 Å². The fourth-order valence-corrected chi connectivity index (χ4v) is 7.63. The molecule has 0 unspecified atom stereocenters. The van der Waals surface area contributed by atoms with Gasteiger partial charge in [0.05, 0.1) is 6.10 Å². The second-order valence-corrected chi connectivity index (χ2v) is 9.87. The predicted octanol–water partition coefficient (Wildman–Crippen LogP) is 2.08. The van der Waals surface area contributed by atoms with Gasteiger partial charge in [-0.05, 0) is 36.7 Å². The number of ether oxygens (including phenoxy) is 4. The molecule has 0 radical (unpaired) electrons. The topological polar surface area (TPSA) is 63.9 Å². The van der Waals surface area contributed by atoms with E-state index >= 15 is 4.39 Å². The van der Waals surface area contributed by atoms with Crippen molar-refractivity contribution >= 4 is 5.97 Å². The highest BCUT2D eigenvalue weighted by atomic mass is 19.1. The zero-order valence-corrected chi connectivity index (χ0v) is 15.2. The lowest BCUT2D eigenvalue weighted by Gasteiger charge is -2.52. The van der Waals surface area contributed by atoms with Gasteiger partial charge >= 0.3 is 5.97 Å². The number of hydrogen-bond acceptors (Lipinski definition) is 5. The van der Waals surface area contributed by atoms with Crippen LogP contribution in [0.5, 0.6) is 0 Å². The van der Waals surface area contributed by atoms with E-state index in [0.29, 0.717) is 13.0 Å². The maximum atomic E-state index is 16.0. The highest BCUT2D eigenvalue weighted by Gasteiger charge is 3.00. The number of rotatable bonds is 1. The molecule has 7 rings (SSSR count). The minimum absolute atomic E-state index is 0.0881. The molecule has 5 nitrogen and oxygen atoms in total. The first-order valence-electron chi connectivity index (χ1n) is 9.91. The van der Waals surface area contributed by atoms with Gasteiger partial charge in [0.25, 0.3) is 0 Å². The molecular weight excluding hydrogens is 339 g/mol. The zero-order valence-electron chi connectivity index (χ0n) is 15.2. The lowest BCUT2D eigenvalue weighted by molar-refractivity contribution is -0.136. The molecule has 7 aliphatic rings. The quantitative estimate of drug-likeness (QED) is 0.528. The number of carbonyl (C=O) groups excluding carboxylic acids is 1. The van der Waals surface area contributed by atoms with Crippen molar-refractivity contribution < 1.29 is 28.1 Å². The van der Waals surface area contributed by atoms with Crippen LogP contribution in [0.15, 0.2) is 11.1 Å². The third-order valence-electron chi connectivity index (χ3n) is 9.04. The lowest BCUT2D eigenvalue weighted by atomic mass is 9.47. The Morgan fingerprint density at radius 2 is 2.00 bits per heavy atom. The number of fused-ring (bicyclic) bond motifs is 4. The summed E-state index contributed by atoms with van der Waals surface area (Å²) in [4.78, 5) is 12.1. The Kier molecular flexibility index (Phi) is 2.18. The van der Waals surface area contributed by atoms with Crippen molar-refractivity contribution in [2.45, 2.75) is 81.3 Å². The number of carbonyl (C=O) groups is 1. The van der Waals surface area contributed by atoms with E-state index < -0.39 is 23.0 Å². The Morgan fingerprint density at radius 1 is 1.19 bits per heavy atom. The second kappa shape index (κ2) is 3.78. The molecule has 140 valence electrons. The fraction of sp³-hybridized carbons (Fsp3) is 0.850. The number of hydrogen-bond donors (Lipinski definition) is 0. The van der Waals surface area contributed by atoms with E-state index in [1.165, 1.54) is 0 Å². The molecule has 0 aromatic heterocycles. The van der Waals surface area contributed by atoms with E-state index in [0.717, 1.165) is 24.0 Å². The van der Waals surface area contributed by atoms with Gasteiger partial charge in [0.15, 0.2) is 11.8 Å². The van der Waals surface area contributed by atoms with E-state index in [-0.39, 0.29) is 41.5 Å². The molecule has 2 saturated carbocycles. The van der Waals surface area contributed by atoms with Crippen molar-refractivity contribution in [2.24, 2.45) is 17.3 Å². The van der Waals surface area contributed by atoms with Gasteiger partial charge in [-0.1, -0.05) is 20.8 Å². The number of epoxide rings is 3. The Hall–Kier alpha value is -0.980. The minimum atomic E-state index is -1.15. The molecule has 5 fully saturated rings. The zero-order chi connectivity index (χ0) is 17.9. The van der Waals surface area contributed by atoms with E-state index in [1.54, 1.807) is 0 Å². The second-order valence-electron chi connectivity index (χ2n) is 9.87. The summed E-state index contributed by atoms with van der Waals surface area (Å²) in [6, 6.07) is 0. The summed E-state index contributed by atoms with van der Waals surface area (Å²) in [6.45, 7) is 6.66. The van der Waals surface area contributed by atoms with E-state index in [9.17, 15) is 4.79 Å². The molecule has 4 heterocycles. The van der Waals surface area contributed by atoms with Crippen LogP contribution in [0.2, 0.25) is 0 Å². The van der Waals surface area contributed by atoms with Gasteiger partial charge in [-0.15, -0.1) is 0 Å². The summed E-state index contributed by atoms with van der Waals surface area (Å²) >= 11 is 0. The molecule has 9 atom stereocenters. The lowest BCUT2D eigenvalue weighted by Crippen LogP contribution is -2.68. The first kappa shape index (κ1) is 15.0. The molecule has 0 aromatic carbocycles. The van der Waals surface area contributed by atoms with Gasteiger partial charge in [0.1, 0.15) is 30.0 Å². The van der Waals surface area contributed by atoms with Crippen LogP contribution in [0.1, 0.15) is 40.0 Å². The number of halogens is 1. The van der Waals surface area contributed by atoms with Crippen LogP contribution in [0.3, 0.4) is 0 Å². The van der Waals surface area contributed by atoms with Crippen LogP contribution in [0.25, 0.3) is 0 Å². The molecule has 3 aliphatic carbocycles. The van der Waals surface area contributed by atoms with E-state index in [2.05, 4.69) is 6.92 Å². The maximum Gasteiger partial charge on any atom is 0.334 e. The molecule has 0 N–H and O–H groups in total. The van der Waals surface area contributed by atoms with Gasteiger partial charge < -0.3 is 18.9 Å². The molecule has 0 bridgehead atoms. The van der Waals surface area contributed by atoms with Crippen LogP contribution in [-0.2, 0) is 23.7 Å². The van der Waals surface area contributed by atoms with Gasteiger partial charge in [-0.2, -0.15) is 0 Å². The van der Waals surface area contributed by atoms with Crippen LogP contribution < -0.4 is 0 Å². The Morgan fingerprint density at radius 3 is 2.77 bits per heavy atom. The molecule has 4 aliphatic heterocycles. The Labute approximate surface area is 151 Å². The van der Waals surface area contributed by atoms with Crippen molar-refractivity contribution in [1.29, 1.82) is 0 Å². The maximum absolute atomic E-state index is 16.0. The summed E-state index contributed by atoms with van der Waals surface area (Å²) in [7, 11) is 0. The van der Waals surface area contributed by atoms with E-state index in [4.69, 9.17) is 18.9 Å². The third-order valence-corrected chi connectivity index (χ3v) is 9.04. The van der Waals surface area contributed by atoms with Gasteiger partial charge in [0, 0.05) is 11.0 Å². The summed E-state index contributed by atoms with van der Waals surface area (Å²) in [5, 5.41) is 0. The van der Waals surface area contributed by atoms with Crippen LogP contribution in [0.4, 0.5) is 4.39 Å². The SMILES string of the molecule is CC(C)[C@]12O[C@H]1[C@H]1O[C@]13[C@]1(O[C@H]1C[C@H]1C4=C(CC[C@@]13C)C(=O)OC4)[C@@H]2F. The average Bonchev–Trinajstić information content (AvgIpc) is 3.47. The van der Waals surface area contributed by atoms with Gasteiger partial charge in [-0.25, -0.2) is 9.18 Å². The first-order chi connectivity index (χ1) is 12.3. The van der Waals surface area contributed by atoms with Crippen LogP contribution in [0, 0.1) is 17.3 Å². The molecule has 0 aromatic rings. The number of cyclic esters (lactones) is 1. The van der Waals surface area contributed by atoms with Crippen molar-refractivity contribution in [1.82, 2.24) is 0 Å². The standard InChI is InChI=1S/C20H23FO5/c1-8(2)18-13(25-18)14-20(26-14)17(3)5-4-9-10(7-23-15(9)22)11(17)6-12-19(20,24-12)16(18)21/h8,11-14,16H,4-7H2,1-3H3/t11-,12-,13-,14+,16+,17-,18-,19+,20+/m0/s1. The normalized spacial score (nSPS) is 63.1. The molecule has 0 amide bonds. The van der Waals surface area contributed by atoms with Crippen LogP contribution >= 0.6 is 0 Å². The molecule has 6 heteroatoms. The monoisotopic (exact) mass is 362 g/mol. The molecular formula is C20H23FO5. The van der Waals surface area contributed by atoms with Crippen molar-refractivity contribution in [3.05, 3.63) is 11.1 Å². The first-order valence-corrected chi connectivity index (χ1v) is 9.91. The van der Waals surface area contributed by atoms with Crippen molar-refractivity contribution in [3.63, 3.8) is 0 Å². The van der Waals surface area contributed by atoms with Crippen LogP contribution in [-0.4, -0.2) is 53.9 Å². The summed E-state index contributed by atoms with van der Waals surface area (Å²) in [5.41, 5.74) is -0.492. The minimum Gasteiger partial charge on any atom is -0.458 e. The predicted molar refractivity (Wildman–Crippen MR) is 86.0 cm³/mol. The molecule has 3 saturated heterocycles. The van der Waals surface area contributed by atoms with Gasteiger partial charge in [0.2, 0.25) is 0 Å². The average molecular weight is 362 g/mol. The Balaban J connectivity index is 1.39. The Bertz CT molecular complexity index is 823. The fourth-order valence-electron chi connectivity index (χ4n) is 7.63. The summed E-state index contributed by atoms with van der Waals surface area (Å²) in [6.07, 6.45) is 0.701. The highest BCUT2D eigenvalue weighted by Crippen LogP contribution is 2.83. The van der Waals surface area contributed by atoms with Crippen molar-refractivity contribution in [2.75, 3.05) is 6.61 Å². The largest absolute Gasteiger partial charge is 0.458 e. The summed E-state index contributed by atoms with van der Waals surface area (Å²) in [5.74, 6) is 0.0922.